The van der Waals surface area contributed by atoms with Gasteiger partial charge < -0.3 is 10.6 Å². The SMILES string of the molecule is CNc1nc(NCC2(SC)CC2)ncc1Br. The summed E-state index contributed by atoms with van der Waals surface area (Å²) in [6.07, 6.45) is 6.50. The van der Waals surface area contributed by atoms with Crippen molar-refractivity contribution in [1.82, 2.24) is 9.97 Å². The number of aromatic nitrogens is 2. The monoisotopic (exact) mass is 302 g/mol. The van der Waals surface area contributed by atoms with Gasteiger partial charge in [-0.3, -0.25) is 0 Å². The second kappa shape index (κ2) is 4.79. The number of hydrogen-bond donors (Lipinski definition) is 2. The molecule has 16 heavy (non-hydrogen) atoms. The van der Waals surface area contributed by atoms with Crippen LogP contribution in [0.3, 0.4) is 0 Å². The number of anilines is 2. The van der Waals surface area contributed by atoms with Crippen LogP contribution in [0.2, 0.25) is 0 Å². The maximum absolute atomic E-state index is 4.37. The number of rotatable bonds is 5. The molecule has 1 aliphatic carbocycles. The van der Waals surface area contributed by atoms with Gasteiger partial charge in [-0.2, -0.15) is 16.7 Å². The molecule has 1 aromatic heterocycles. The number of hydrogen-bond acceptors (Lipinski definition) is 5. The predicted molar refractivity (Wildman–Crippen MR) is 73.2 cm³/mol. The molecule has 0 aromatic carbocycles. The molecule has 0 atom stereocenters. The van der Waals surface area contributed by atoms with Gasteiger partial charge in [0.05, 0.1) is 4.47 Å². The zero-order chi connectivity index (χ0) is 11.6. The van der Waals surface area contributed by atoms with Gasteiger partial charge in [-0.05, 0) is 35.0 Å². The molecule has 0 spiro atoms. The van der Waals surface area contributed by atoms with Crippen LogP contribution >= 0.6 is 27.7 Å². The molecule has 1 fully saturated rings. The van der Waals surface area contributed by atoms with Gasteiger partial charge in [0.15, 0.2) is 0 Å². The van der Waals surface area contributed by atoms with Gasteiger partial charge in [0.25, 0.3) is 0 Å². The third-order valence-corrected chi connectivity index (χ3v) is 4.79. The molecule has 0 bridgehead atoms. The zero-order valence-electron chi connectivity index (χ0n) is 9.38. The van der Waals surface area contributed by atoms with Crippen LogP contribution in [-0.4, -0.2) is 34.6 Å². The molecule has 2 N–H and O–H groups in total. The molecule has 88 valence electrons. The van der Waals surface area contributed by atoms with Crippen molar-refractivity contribution in [3.63, 3.8) is 0 Å². The second-order valence-corrected chi connectivity index (χ2v) is 6.01. The topological polar surface area (TPSA) is 49.8 Å². The highest BCUT2D eigenvalue weighted by atomic mass is 79.9. The lowest BCUT2D eigenvalue weighted by Crippen LogP contribution is -2.19. The van der Waals surface area contributed by atoms with Crippen LogP contribution in [0.25, 0.3) is 0 Å². The lowest BCUT2D eigenvalue weighted by atomic mass is 10.4. The van der Waals surface area contributed by atoms with Crippen LogP contribution in [0.4, 0.5) is 11.8 Å². The summed E-state index contributed by atoms with van der Waals surface area (Å²) < 4.78 is 1.31. The first-order valence-corrected chi connectivity index (χ1v) is 7.20. The minimum Gasteiger partial charge on any atom is -0.372 e. The molecule has 0 unspecified atom stereocenters. The highest BCUT2D eigenvalue weighted by Gasteiger charge is 2.41. The quantitative estimate of drug-likeness (QED) is 0.875. The van der Waals surface area contributed by atoms with E-state index in [4.69, 9.17) is 0 Å². The Morgan fingerprint density at radius 2 is 2.31 bits per heavy atom. The van der Waals surface area contributed by atoms with Crippen molar-refractivity contribution in [2.24, 2.45) is 0 Å². The van der Waals surface area contributed by atoms with Crippen LogP contribution in [0.1, 0.15) is 12.8 Å². The fourth-order valence-corrected chi connectivity index (χ4v) is 2.58. The normalized spacial score (nSPS) is 16.9. The first kappa shape index (κ1) is 12.0. The lowest BCUT2D eigenvalue weighted by Gasteiger charge is -2.13. The highest BCUT2D eigenvalue weighted by Crippen LogP contribution is 2.46. The van der Waals surface area contributed by atoms with Crippen molar-refractivity contribution in [2.45, 2.75) is 17.6 Å². The summed E-state index contributed by atoms with van der Waals surface area (Å²) in [5.74, 6) is 1.50. The Labute approximate surface area is 108 Å². The molecule has 0 saturated heterocycles. The molecule has 4 nitrogen and oxygen atoms in total. The van der Waals surface area contributed by atoms with Gasteiger partial charge in [-0.15, -0.1) is 0 Å². The Hall–Kier alpha value is -0.490. The molecule has 1 heterocycles. The minimum atomic E-state index is 0.427. The van der Waals surface area contributed by atoms with E-state index in [1.54, 1.807) is 6.20 Å². The number of nitrogens with one attached hydrogen (secondary N) is 2. The summed E-state index contributed by atoms with van der Waals surface area (Å²) in [7, 11) is 1.85. The predicted octanol–water partition coefficient (Wildman–Crippen LogP) is 2.59. The maximum Gasteiger partial charge on any atom is 0.224 e. The van der Waals surface area contributed by atoms with Gasteiger partial charge in [0.1, 0.15) is 5.82 Å². The van der Waals surface area contributed by atoms with Crippen LogP contribution in [0.5, 0.6) is 0 Å². The van der Waals surface area contributed by atoms with E-state index in [0.29, 0.717) is 10.7 Å². The van der Waals surface area contributed by atoms with Crippen molar-refractivity contribution in [2.75, 3.05) is 30.5 Å². The average Bonchev–Trinajstić information content (AvgIpc) is 3.09. The molecule has 0 aliphatic heterocycles. The fourth-order valence-electron chi connectivity index (χ4n) is 1.46. The van der Waals surface area contributed by atoms with E-state index < -0.39 is 0 Å². The second-order valence-electron chi connectivity index (χ2n) is 3.88. The van der Waals surface area contributed by atoms with E-state index in [1.807, 2.05) is 18.8 Å². The minimum absolute atomic E-state index is 0.427. The largest absolute Gasteiger partial charge is 0.372 e. The number of halogens is 1. The van der Waals surface area contributed by atoms with Gasteiger partial charge in [-0.25, -0.2) is 4.98 Å². The standard InChI is InChI=1S/C10H15BrN4S/c1-12-8-7(11)5-13-9(15-8)14-6-10(16-2)3-4-10/h5H,3-4,6H2,1-2H3,(H2,12,13,14,15). The van der Waals surface area contributed by atoms with Gasteiger partial charge in [-0.1, -0.05) is 0 Å². The van der Waals surface area contributed by atoms with E-state index in [-0.39, 0.29) is 0 Å². The Kier molecular flexibility index (Phi) is 3.59. The summed E-state index contributed by atoms with van der Waals surface area (Å²) in [6.45, 7) is 0.943. The Morgan fingerprint density at radius 3 is 2.88 bits per heavy atom. The molecule has 1 aliphatic rings. The summed E-state index contributed by atoms with van der Waals surface area (Å²) in [6, 6.07) is 0. The van der Waals surface area contributed by atoms with E-state index in [9.17, 15) is 0 Å². The van der Waals surface area contributed by atoms with E-state index in [0.717, 1.165) is 16.8 Å². The van der Waals surface area contributed by atoms with Crippen LogP contribution < -0.4 is 10.6 Å². The van der Waals surface area contributed by atoms with Crippen molar-refractivity contribution in [3.05, 3.63) is 10.7 Å². The van der Waals surface area contributed by atoms with Crippen LogP contribution in [0, 0.1) is 0 Å². The number of thioether (sulfide) groups is 1. The van der Waals surface area contributed by atoms with Crippen molar-refractivity contribution in [1.29, 1.82) is 0 Å². The first-order chi connectivity index (χ1) is 7.69. The van der Waals surface area contributed by atoms with Crippen molar-refractivity contribution in [3.8, 4) is 0 Å². The zero-order valence-corrected chi connectivity index (χ0v) is 11.8. The van der Waals surface area contributed by atoms with E-state index in [1.165, 1.54) is 12.8 Å². The molecule has 6 heteroatoms. The molecule has 1 aromatic rings. The highest BCUT2D eigenvalue weighted by molar-refractivity contribution is 9.10. The lowest BCUT2D eigenvalue weighted by molar-refractivity contribution is 0.926. The van der Waals surface area contributed by atoms with Crippen molar-refractivity contribution < 1.29 is 0 Å². The van der Waals surface area contributed by atoms with Gasteiger partial charge in [0.2, 0.25) is 5.95 Å². The van der Waals surface area contributed by atoms with Crippen LogP contribution in [-0.2, 0) is 0 Å². The average molecular weight is 303 g/mol. The Balaban J connectivity index is 1.99. The van der Waals surface area contributed by atoms with Crippen LogP contribution in [0.15, 0.2) is 10.7 Å². The summed E-state index contributed by atoms with van der Waals surface area (Å²) in [5, 5.41) is 6.32. The molecule has 0 amide bonds. The summed E-state index contributed by atoms with van der Waals surface area (Å²) >= 11 is 5.32. The number of nitrogens with zero attached hydrogens (tertiary/aromatic N) is 2. The molecular weight excluding hydrogens is 288 g/mol. The summed E-state index contributed by atoms with van der Waals surface area (Å²) in [4.78, 5) is 8.60. The van der Waals surface area contributed by atoms with E-state index >= 15 is 0 Å². The Bertz CT molecular complexity index is 381. The third kappa shape index (κ3) is 2.60. The van der Waals surface area contributed by atoms with Gasteiger partial charge >= 0.3 is 0 Å². The Morgan fingerprint density at radius 1 is 1.56 bits per heavy atom. The maximum atomic E-state index is 4.37. The molecular formula is C10H15BrN4S. The van der Waals surface area contributed by atoms with Gasteiger partial charge in [0, 0.05) is 24.5 Å². The summed E-state index contributed by atoms with van der Waals surface area (Å²) in [5.41, 5.74) is 0. The molecule has 2 rings (SSSR count). The molecule has 0 radical (unpaired) electrons. The van der Waals surface area contributed by atoms with E-state index in [2.05, 4.69) is 42.8 Å². The molecule has 1 saturated carbocycles. The van der Waals surface area contributed by atoms with Crippen molar-refractivity contribution >= 4 is 39.5 Å². The smallest absolute Gasteiger partial charge is 0.224 e. The third-order valence-electron chi connectivity index (χ3n) is 2.79. The fraction of sp³-hybridized carbons (Fsp3) is 0.600. The first-order valence-electron chi connectivity index (χ1n) is 5.18.